The first-order valence-electron chi connectivity index (χ1n) is 5.14. The number of rotatable bonds is 5. The standard InChI is InChI=1S/C10H12F3NO4S/c1-7(15)6-14-19(16,17)9-4-2-8(3-5-9)18-10(11,12)13/h2-5,7,14-15H,6H2,1H3/t7-/m0/s1. The summed E-state index contributed by atoms with van der Waals surface area (Å²) in [4.78, 5) is -0.220. The molecule has 0 aliphatic rings. The van der Waals surface area contributed by atoms with Crippen LogP contribution in [0.2, 0.25) is 0 Å². The Morgan fingerprint density at radius 3 is 2.26 bits per heavy atom. The van der Waals surface area contributed by atoms with Gasteiger partial charge in [0, 0.05) is 6.54 Å². The first-order chi connectivity index (χ1) is 8.60. The van der Waals surface area contributed by atoms with E-state index < -0.39 is 28.2 Å². The van der Waals surface area contributed by atoms with E-state index in [1.165, 1.54) is 6.92 Å². The van der Waals surface area contributed by atoms with Crippen LogP contribution < -0.4 is 9.46 Å². The van der Waals surface area contributed by atoms with Gasteiger partial charge in [-0.05, 0) is 31.2 Å². The van der Waals surface area contributed by atoms with E-state index >= 15 is 0 Å². The van der Waals surface area contributed by atoms with E-state index in [1.54, 1.807) is 0 Å². The van der Waals surface area contributed by atoms with Crippen LogP contribution in [0, 0.1) is 0 Å². The van der Waals surface area contributed by atoms with Gasteiger partial charge >= 0.3 is 6.36 Å². The zero-order chi connectivity index (χ0) is 14.7. The maximum absolute atomic E-state index is 11.9. The van der Waals surface area contributed by atoms with Crippen LogP contribution in [-0.4, -0.2) is 32.5 Å². The second-order valence-electron chi connectivity index (χ2n) is 3.72. The molecule has 0 amide bonds. The molecule has 0 saturated heterocycles. The van der Waals surface area contributed by atoms with Crippen molar-refractivity contribution in [2.24, 2.45) is 0 Å². The molecule has 0 aliphatic carbocycles. The van der Waals surface area contributed by atoms with Gasteiger partial charge in [-0.15, -0.1) is 13.2 Å². The number of sulfonamides is 1. The van der Waals surface area contributed by atoms with Gasteiger partial charge < -0.3 is 9.84 Å². The minimum atomic E-state index is -4.83. The number of aliphatic hydroxyl groups excluding tert-OH is 1. The number of halogens is 3. The van der Waals surface area contributed by atoms with Crippen LogP contribution >= 0.6 is 0 Å². The van der Waals surface area contributed by atoms with Crippen molar-refractivity contribution in [2.75, 3.05) is 6.54 Å². The lowest BCUT2D eigenvalue weighted by Gasteiger charge is -2.10. The number of hydrogen-bond acceptors (Lipinski definition) is 4. The summed E-state index contributed by atoms with van der Waals surface area (Å²) in [6.07, 6.45) is -5.70. The Morgan fingerprint density at radius 1 is 1.32 bits per heavy atom. The van der Waals surface area contributed by atoms with Crippen molar-refractivity contribution < 1.29 is 31.4 Å². The first kappa shape index (κ1) is 15.7. The van der Waals surface area contributed by atoms with E-state index in [1.807, 2.05) is 0 Å². The molecule has 0 bridgehead atoms. The molecule has 0 unspecified atom stereocenters. The van der Waals surface area contributed by atoms with Gasteiger partial charge in [-0.1, -0.05) is 0 Å². The van der Waals surface area contributed by atoms with E-state index in [9.17, 15) is 21.6 Å². The summed E-state index contributed by atoms with van der Waals surface area (Å²) in [5.41, 5.74) is 0. The number of nitrogens with one attached hydrogen (secondary N) is 1. The lowest BCUT2D eigenvalue weighted by atomic mass is 10.3. The largest absolute Gasteiger partial charge is 0.573 e. The Morgan fingerprint density at radius 2 is 1.84 bits per heavy atom. The maximum Gasteiger partial charge on any atom is 0.573 e. The van der Waals surface area contributed by atoms with E-state index in [0.29, 0.717) is 0 Å². The highest BCUT2D eigenvalue weighted by Crippen LogP contribution is 2.23. The van der Waals surface area contributed by atoms with Crippen molar-refractivity contribution in [3.05, 3.63) is 24.3 Å². The van der Waals surface area contributed by atoms with Crippen LogP contribution in [0.15, 0.2) is 29.2 Å². The minimum absolute atomic E-state index is 0.191. The van der Waals surface area contributed by atoms with Gasteiger partial charge in [0.25, 0.3) is 0 Å². The SMILES string of the molecule is C[C@H](O)CNS(=O)(=O)c1ccc(OC(F)(F)F)cc1. The summed E-state index contributed by atoms with van der Waals surface area (Å²) in [7, 11) is -3.86. The number of hydrogen-bond donors (Lipinski definition) is 2. The van der Waals surface area contributed by atoms with Crippen LogP contribution in [0.4, 0.5) is 13.2 Å². The molecule has 1 atom stereocenters. The zero-order valence-electron chi connectivity index (χ0n) is 9.81. The predicted molar refractivity (Wildman–Crippen MR) is 60.0 cm³/mol. The van der Waals surface area contributed by atoms with Gasteiger partial charge in [0.15, 0.2) is 0 Å². The summed E-state index contributed by atoms with van der Waals surface area (Å²) < 4.78 is 64.7. The van der Waals surface area contributed by atoms with Crippen LogP contribution in [0.3, 0.4) is 0 Å². The molecular formula is C10H12F3NO4S. The minimum Gasteiger partial charge on any atom is -0.406 e. The van der Waals surface area contributed by atoms with Crippen molar-refractivity contribution in [2.45, 2.75) is 24.3 Å². The third kappa shape index (κ3) is 5.45. The highest BCUT2D eigenvalue weighted by Gasteiger charge is 2.31. The van der Waals surface area contributed by atoms with Crippen LogP contribution in [-0.2, 0) is 10.0 Å². The molecule has 1 aromatic carbocycles. The van der Waals surface area contributed by atoms with Crippen molar-refractivity contribution in [3.63, 3.8) is 0 Å². The summed E-state index contributed by atoms with van der Waals surface area (Å²) in [5.74, 6) is -0.512. The number of alkyl halides is 3. The topological polar surface area (TPSA) is 75.6 Å². The Bertz CT molecular complexity index is 511. The van der Waals surface area contributed by atoms with Crippen molar-refractivity contribution in [1.82, 2.24) is 4.72 Å². The average Bonchev–Trinajstić information content (AvgIpc) is 2.25. The van der Waals surface area contributed by atoms with Gasteiger partial charge in [-0.25, -0.2) is 13.1 Å². The van der Waals surface area contributed by atoms with E-state index in [4.69, 9.17) is 5.11 Å². The third-order valence-corrected chi connectivity index (χ3v) is 3.38. The lowest BCUT2D eigenvalue weighted by molar-refractivity contribution is -0.274. The second kappa shape index (κ2) is 5.76. The Balaban J connectivity index is 2.81. The Labute approximate surface area is 108 Å². The molecular weight excluding hydrogens is 287 g/mol. The summed E-state index contributed by atoms with van der Waals surface area (Å²) in [5, 5.41) is 8.96. The molecule has 19 heavy (non-hydrogen) atoms. The third-order valence-electron chi connectivity index (χ3n) is 1.94. The maximum atomic E-state index is 11.9. The molecule has 0 aliphatic heterocycles. The van der Waals surface area contributed by atoms with Crippen molar-refractivity contribution in [1.29, 1.82) is 0 Å². The van der Waals surface area contributed by atoms with E-state index in [2.05, 4.69) is 9.46 Å². The lowest BCUT2D eigenvalue weighted by Crippen LogP contribution is -2.30. The predicted octanol–water partition coefficient (Wildman–Crippen LogP) is 1.24. The quantitative estimate of drug-likeness (QED) is 0.858. The number of benzene rings is 1. The molecule has 0 saturated carbocycles. The fourth-order valence-electron chi connectivity index (χ4n) is 1.13. The smallest absolute Gasteiger partial charge is 0.406 e. The molecule has 2 N–H and O–H groups in total. The Kier molecular flexibility index (Phi) is 4.77. The van der Waals surface area contributed by atoms with Gasteiger partial charge in [-0.2, -0.15) is 0 Å². The summed E-state index contributed by atoms with van der Waals surface area (Å²) in [6.45, 7) is 1.20. The molecule has 0 aromatic heterocycles. The van der Waals surface area contributed by atoms with E-state index in [-0.39, 0.29) is 11.4 Å². The highest BCUT2D eigenvalue weighted by atomic mass is 32.2. The van der Waals surface area contributed by atoms with Crippen LogP contribution in [0.25, 0.3) is 0 Å². The highest BCUT2D eigenvalue weighted by molar-refractivity contribution is 7.89. The monoisotopic (exact) mass is 299 g/mol. The fraction of sp³-hybridized carbons (Fsp3) is 0.400. The molecule has 1 aromatic rings. The van der Waals surface area contributed by atoms with Gasteiger partial charge in [-0.3, -0.25) is 0 Å². The normalized spacial score (nSPS) is 14.2. The van der Waals surface area contributed by atoms with Crippen molar-refractivity contribution in [3.8, 4) is 5.75 Å². The first-order valence-corrected chi connectivity index (χ1v) is 6.62. The summed E-state index contributed by atoms with van der Waals surface area (Å²) >= 11 is 0. The molecule has 108 valence electrons. The summed E-state index contributed by atoms with van der Waals surface area (Å²) in [6, 6.07) is 3.74. The van der Waals surface area contributed by atoms with Crippen LogP contribution in [0.5, 0.6) is 5.75 Å². The average molecular weight is 299 g/mol. The van der Waals surface area contributed by atoms with Gasteiger partial charge in [0.2, 0.25) is 10.0 Å². The van der Waals surface area contributed by atoms with Gasteiger partial charge in [0.1, 0.15) is 5.75 Å². The van der Waals surface area contributed by atoms with Gasteiger partial charge in [0.05, 0.1) is 11.0 Å². The molecule has 1 rings (SSSR count). The zero-order valence-corrected chi connectivity index (χ0v) is 10.6. The molecule has 0 spiro atoms. The molecule has 0 heterocycles. The molecule has 0 fully saturated rings. The Hall–Kier alpha value is -1.32. The number of aliphatic hydroxyl groups is 1. The molecule has 5 nitrogen and oxygen atoms in total. The van der Waals surface area contributed by atoms with Crippen molar-refractivity contribution >= 4 is 10.0 Å². The molecule has 0 radical (unpaired) electrons. The van der Waals surface area contributed by atoms with E-state index in [0.717, 1.165) is 24.3 Å². The van der Waals surface area contributed by atoms with Crippen LogP contribution in [0.1, 0.15) is 6.92 Å². The fourth-order valence-corrected chi connectivity index (χ4v) is 2.26. The molecule has 9 heteroatoms. The second-order valence-corrected chi connectivity index (χ2v) is 5.49. The number of ether oxygens (including phenoxy) is 1.